The molecule has 60 heavy (non-hydrogen) atoms. The molecule has 328 valence electrons. The Morgan fingerprint density at radius 3 is 2.33 bits per heavy atom. The van der Waals surface area contributed by atoms with Crippen molar-refractivity contribution in [2.75, 3.05) is 20.6 Å². The Labute approximate surface area is 353 Å². The Morgan fingerprint density at radius 1 is 1.00 bits per heavy atom. The molecule has 13 atom stereocenters. The highest BCUT2D eigenvalue weighted by molar-refractivity contribution is 6.00. The molecule has 4 heterocycles. The minimum Gasteiger partial charge on any atom is -0.458 e. The van der Waals surface area contributed by atoms with E-state index in [1.807, 2.05) is 74.5 Å². The fourth-order valence-electron chi connectivity index (χ4n) is 9.28. The van der Waals surface area contributed by atoms with E-state index in [2.05, 4.69) is 10.3 Å². The Kier molecular flexibility index (Phi) is 15.1. The minimum absolute atomic E-state index is 0.0678. The van der Waals surface area contributed by atoms with Crippen LogP contribution in [-0.2, 0) is 42.9 Å². The van der Waals surface area contributed by atoms with Crippen LogP contribution in [0.2, 0.25) is 0 Å². The lowest BCUT2D eigenvalue weighted by Gasteiger charge is -2.47. The zero-order valence-electron chi connectivity index (χ0n) is 36.6. The van der Waals surface area contributed by atoms with E-state index in [4.69, 9.17) is 23.7 Å². The third-order valence-corrected chi connectivity index (χ3v) is 12.7. The number of aromatic nitrogens is 1. The maximum atomic E-state index is 14.5. The highest BCUT2D eigenvalue weighted by Crippen LogP contribution is 2.45. The molecule has 2 N–H and O–H groups in total. The number of likely N-dealkylation sites (N-methyl/N-ethyl adjacent to an activating group) is 1. The maximum Gasteiger partial charge on any atom is 0.408 e. The van der Waals surface area contributed by atoms with Crippen molar-refractivity contribution in [3.05, 3.63) is 60.3 Å². The van der Waals surface area contributed by atoms with Crippen LogP contribution in [-0.4, -0.2) is 113 Å². The van der Waals surface area contributed by atoms with Crippen LogP contribution >= 0.6 is 0 Å². The largest absolute Gasteiger partial charge is 0.458 e. The number of benzene rings is 1. The number of nitrogens with zero attached hydrogens (tertiary/aromatic N) is 2. The second-order valence-electron chi connectivity index (χ2n) is 17.5. The van der Waals surface area contributed by atoms with E-state index in [0.29, 0.717) is 6.42 Å². The van der Waals surface area contributed by atoms with Crippen molar-refractivity contribution in [3.8, 4) is 11.3 Å². The fraction of sp³-hybridized carbons (Fsp3) is 0.609. The lowest BCUT2D eigenvalue weighted by Crippen LogP contribution is -2.60. The van der Waals surface area contributed by atoms with Gasteiger partial charge in [0.2, 0.25) is 0 Å². The Morgan fingerprint density at radius 2 is 1.70 bits per heavy atom. The van der Waals surface area contributed by atoms with E-state index >= 15 is 0 Å². The molecule has 3 aliphatic rings. The first-order chi connectivity index (χ1) is 28.3. The molecule has 0 saturated carbocycles. The smallest absolute Gasteiger partial charge is 0.408 e. The number of cyclic esters (lactones) is 1. The summed E-state index contributed by atoms with van der Waals surface area (Å²) in [5.74, 6) is -6.83. The second-order valence-corrected chi connectivity index (χ2v) is 17.5. The number of nitrogens with one attached hydrogen (secondary N) is 1. The van der Waals surface area contributed by atoms with Crippen molar-refractivity contribution in [1.29, 1.82) is 0 Å². The van der Waals surface area contributed by atoms with Crippen molar-refractivity contribution in [2.45, 2.75) is 129 Å². The molecule has 0 radical (unpaired) electrons. The van der Waals surface area contributed by atoms with Gasteiger partial charge in [-0.2, -0.15) is 0 Å². The summed E-state index contributed by atoms with van der Waals surface area (Å²) in [6.45, 7) is 13.4. The van der Waals surface area contributed by atoms with Crippen molar-refractivity contribution in [3.63, 3.8) is 0 Å². The number of hydrogen-bond acceptors (Lipinski definition) is 13. The molecule has 5 rings (SSSR count). The molecule has 1 amide bonds. The average Bonchev–Trinajstić information content (AvgIpc) is 3.53. The van der Waals surface area contributed by atoms with Gasteiger partial charge in [0, 0.05) is 48.0 Å². The Balaban J connectivity index is 1.48. The number of amides is 1. The number of fused-ring (bicyclic) bond motifs is 1. The molecule has 1 aromatic carbocycles. The predicted octanol–water partition coefficient (Wildman–Crippen LogP) is 5.79. The standard InChI is InChI=1S/C46H63N3O11/c1-11-36-46(8)33(24-37(50)59-46)28(4)38(51)26(2)25-45(7,60-44(55)48-22-14-15-31-17-19-32(20-18-31)34-16-12-13-21-47-34)41(29(5)39(52)30(6)42(54)57-36)58-43-40(53)35(49(9)10)23-27(3)56-43/h12-21,26-30,33,35-36,40-41,43,53H,11,22-25H2,1-10H3,(H,48,55)/b15-14+/t26-,27-,28-,29+,30-,33-,35+,36-,40-,41-,43+,45-,46+/m1/s1. The number of Topliss-reactive ketones (excluding diaryl/α,β-unsaturated/α-hetero) is 2. The van der Waals surface area contributed by atoms with Crippen molar-refractivity contribution in [1.82, 2.24) is 15.2 Å². The van der Waals surface area contributed by atoms with Gasteiger partial charge in [0.25, 0.3) is 0 Å². The van der Waals surface area contributed by atoms with Crippen molar-refractivity contribution in [2.24, 2.45) is 29.6 Å². The average molecular weight is 834 g/mol. The maximum absolute atomic E-state index is 14.5. The lowest BCUT2D eigenvalue weighted by molar-refractivity contribution is -0.292. The number of rotatable bonds is 9. The van der Waals surface area contributed by atoms with Gasteiger partial charge < -0.3 is 39.0 Å². The van der Waals surface area contributed by atoms with Crippen LogP contribution in [0.5, 0.6) is 0 Å². The summed E-state index contributed by atoms with van der Waals surface area (Å²) in [5, 5.41) is 14.3. The van der Waals surface area contributed by atoms with Gasteiger partial charge in [-0.25, -0.2) is 4.79 Å². The molecular formula is C46H63N3O11. The number of alkyl carbamates (subject to hydrolysis) is 1. The first-order valence-electron chi connectivity index (χ1n) is 21.1. The summed E-state index contributed by atoms with van der Waals surface area (Å²) < 4.78 is 30.9. The molecule has 3 saturated heterocycles. The SMILES string of the molecule is CC[C@H]1OC(=O)[C@H](C)C(=O)[C@H](C)[C@@H](O[C@@H]2O[C@H](C)C[C@H](N(C)C)[C@H]2O)[C@](C)(OC(=O)NC/C=C/c2ccc(-c3ccccn3)cc2)C[C@@H](C)C(=O)[C@H](C)[C@H]2CC(=O)O[C@@]21C. The van der Waals surface area contributed by atoms with Gasteiger partial charge in [0.15, 0.2) is 12.1 Å². The zero-order chi connectivity index (χ0) is 44.1. The number of carbonyl (C=O) groups excluding carboxylic acids is 5. The number of pyridine rings is 1. The second kappa shape index (κ2) is 19.5. The topological polar surface area (TPSA) is 180 Å². The van der Waals surface area contributed by atoms with Gasteiger partial charge in [-0.15, -0.1) is 0 Å². The number of esters is 2. The molecular weight excluding hydrogens is 771 g/mol. The molecule has 14 nitrogen and oxygen atoms in total. The number of aliphatic hydroxyl groups is 1. The fourth-order valence-corrected chi connectivity index (χ4v) is 9.28. The van der Waals surface area contributed by atoms with Crippen LogP contribution < -0.4 is 5.32 Å². The Bertz CT molecular complexity index is 1870. The summed E-state index contributed by atoms with van der Waals surface area (Å²) in [7, 11) is 3.66. The summed E-state index contributed by atoms with van der Waals surface area (Å²) in [4.78, 5) is 75.7. The van der Waals surface area contributed by atoms with Crippen LogP contribution in [0.15, 0.2) is 54.7 Å². The summed E-state index contributed by atoms with van der Waals surface area (Å²) in [5.41, 5.74) is -0.343. The summed E-state index contributed by atoms with van der Waals surface area (Å²) >= 11 is 0. The van der Waals surface area contributed by atoms with Crippen LogP contribution in [0.3, 0.4) is 0 Å². The van der Waals surface area contributed by atoms with Gasteiger partial charge >= 0.3 is 18.0 Å². The summed E-state index contributed by atoms with van der Waals surface area (Å²) in [6.07, 6.45) is 0.0299. The van der Waals surface area contributed by atoms with Crippen LogP contribution in [0.4, 0.5) is 4.79 Å². The van der Waals surface area contributed by atoms with E-state index in [1.165, 1.54) is 6.92 Å². The molecule has 0 aliphatic carbocycles. The number of hydrogen-bond donors (Lipinski definition) is 2. The molecule has 0 bridgehead atoms. The number of aliphatic hydroxyl groups excluding tert-OH is 1. The van der Waals surface area contributed by atoms with Gasteiger partial charge in [0.05, 0.1) is 18.2 Å². The van der Waals surface area contributed by atoms with Crippen molar-refractivity contribution < 1.29 is 52.8 Å². The molecule has 1 aromatic heterocycles. The van der Waals surface area contributed by atoms with E-state index in [0.717, 1.165) is 16.8 Å². The van der Waals surface area contributed by atoms with Crippen LogP contribution in [0.25, 0.3) is 17.3 Å². The quantitative estimate of drug-likeness (QED) is 0.176. The van der Waals surface area contributed by atoms with E-state index < -0.39 is 89.2 Å². The van der Waals surface area contributed by atoms with E-state index in [-0.39, 0.29) is 43.7 Å². The molecule has 0 unspecified atom stereocenters. The van der Waals surface area contributed by atoms with Crippen molar-refractivity contribution >= 4 is 35.7 Å². The third kappa shape index (κ3) is 10.3. The first kappa shape index (κ1) is 46.6. The van der Waals surface area contributed by atoms with Crippen LogP contribution in [0, 0.1) is 29.6 Å². The lowest BCUT2D eigenvalue weighted by atomic mass is 9.70. The van der Waals surface area contributed by atoms with E-state index in [1.54, 1.807) is 53.8 Å². The highest BCUT2D eigenvalue weighted by Gasteiger charge is 2.57. The third-order valence-electron chi connectivity index (χ3n) is 12.7. The van der Waals surface area contributed by atoms with Gasteiger partial charge in [-0.05, 0) is 78.7 Å². The molecule has 14 heteroatoms. The van der Waals surface area contributed by atoms with Gasteiger partial charge in [0.1, 0.15) is 41.2 Å². The zero-order valence-corrected chi connectivity index (χ0v) is 36.6. The molecule has 0 spiro atoms. The van der Waals surface area contributed by atoms with Crippen LogP contribution in [0.1, 0.15) is 86.6 Å². The Hall–Kier alpha value is -4.50. The monoisotopic (exact) mass is 833 g/mol. The minimum atomic E-state index is -1.72. The molecule has 3 aliphatic heterocycles. The van der Waals surface area contributed by atoms with Gasteiger partial charge in [-0.3, -0.25) is 24.2 Å². The van der Waals surface area contributed by atoms with E-state index in [9.17, 15) is 29.1 Å². The highest BCUT2D eigenvalue weighted by atomic mass is 16.7. The molecule has 2 aromatic rings. The first-order valence-corrected chi connectivity index (χ1v) is 21.1. The number of ketones is 2. The predicted molar refractivity (Wildman–Crippen MR) is 223 cm³/mol. The normalized spacial score (nSPS) is 35.7. The van der Waals surface area contributed by atoms with Gasteiger partial charge in [-0.1, -0.05) is 70.2 Å². The summed E-state index contributed by atoms with van der Waals surface area (Å²) in [6, 6.07) is 13.1. The molecule has 3 fully saturated rings. The number of ether oxygens (including phenoxy) is 5. The number of carbonyl (C=O) groups is 5.